The lowest BCUT2D eigenvalue weighted by molar-refractivity contribution is 0.0954. The molecule has 0 aliphatic rings. The van der Waals surface area contributed by atoms with Gasteiger partial charge in [-0.25, -0.2) is 8.42 Å². The Balaban J connectivity index is 1.77. The number of benzene rings is 2. The molecule has 2 amide bonds. The minimum absolute atomic E-state index is 0.00625. The van der Waals surface area contributed by atoms with E-state index in [0.717, 1.165) is 6.42 Å². The van der Waals surface area contributed by atoms with E-state index in [1.165, 1.54) is 60.9 Å². The number of aromatic nitrogens is 1. The van der Waals surface area contributed by atoms with Crippen molar-refractivity contribution in [3.8, 4) is 0 Å². The van der Waals surface area contributed by atoms with Gasteiger partial charge in [-0.05, 0) is 61.0 Å². The second-order valence-corrected chi connectivity index (χ2v) is 8.88. The van der Waals surface area contributed by atoms with Crippen LogP contribution in [0.5, 0.6) is 0 Å². The lowest BCUT2D eigenvalue weighted by Gasteiger charge is -2.12. The molecule has 0 saturated carbocycles. The van der Waals surface area contributed by atoms with Crippen molar-refractivity contribution in [3.63, 3.8) is 0 Å². The molecule has 0 atom stereocenters. The lowest BCUT2D eigenvalue weighted by Crippen LogP contribution is -2.25. The van der Waals surface area contributed by atoms with E-state index in [9.17, 15) is 18.0 Å². The van der Waals surface area contributed by atoms with E-state index >= 15 is 0 Å². The molecule has 1 heterocycles. The third kappa shape index (κ3) is 5.83. The SMILES string of the molecule is CCCNC(=O)c1ccc(Cl)cc1NC(=O)c1ccc(S(=O)(=O)Nc2ccncc2)cc1. The van der Waals surface area contributed by atoms with Gasteiger partial charge in [0.05, 0.1) is 21.8 Å². The number of nitrogens with one attached hydrogen (secondary N) is 3. The second-order valence-electron chi connectivity index (χ2n) is 6.77. The van der Waals surface area contributed by atoms with Crippen molar-refractivity contribution in [2.45, 2.75) is 18.2 Å². The number of hydrogen-bond donors (Lipinski definition) is 3. The number of amides is 2. The smallest absolute Gasteiger partial charge is 0.261 e. The summed E-state index contributed by atoms with van der Waals surface area (Å²) in [6.07, 6.45) is 3.71. The topological polar surface area (TPSA) is 117 Å². The fourth-order valence-corrected chi connectivity index (χ4v) is 4.00. The molecule has 0 saturated heterocycles. The minimum atomic E-state index is -3.83. The van der Waals surface area contributed by atoms with Gasteiger partial charge in [-0.15, -0.1) is 0 Å². The van der Waals surface area contributed by atoms with E-state index in [2.05, 4.69) is 20.3 Å². The molecule has 10 heteroatoms. The van der Waals surface area contributed by atoms with Crippen molar-refractivity contribution >= 4 is 44.8 Å². The van der Waals surface area contributed by atoms with Crippen LogP contribution < -0.4 is 15.4 Å². The van der Waals surface area contributed by atoms with Crippen LogP contribution in [0.15, 0.2) is 71.9 Å². The van der Waals surface area contributed by atoms with Crippen LogP contribution >= 0.6 is 11.6 Å². The van der Waals surface area contributed by atoms with Crippen LogP contribution in [0.2, 0.25) is 5.02 Å². The Morgan fingerprint density at radius 1 is 0.969 bits per heavy atom. The Morgan fingerprint density at radius 3 is 2.31 bits per heavy atom. The first-order valence-electron chi connectivity index (χ1n) is 9.72. The monoisotopic (exact) mass is 472 g/mol. The van der Waals surface area contributed by atoms with Gasteiger partial charge in [-0.3, -0.25) is 19.3 Å². The molecule has 0 bridgehead atoms. The molecular weight excluding hydrogens is 452 g/mol. The maximum absolute atomic E-state index is 12.7. The molecule has 3 rings (SSSR count). The molecule has 8 nitrogen and oxygen atoms in total. The van der Waals surface area contributed by atoms with Gasteiger partial charge in [0.2, 0.25) is 0 Å². The van der Waals surface area contributed by atoms with Crippen LogP contribution in [0.25, 0.3) is 0 Å². The zero-order valence-electron chi connectivity index (χ0n) is 17.1. The quantitative estimate of drug-likeness (QED) is 0.459. The first kappa shape index (κ1) is 23.2. The van der Waals surface area contributed by atoms with Crippen LogP contribution in [0.1, 0.15) is 34.1 Å². The van der Waals surface area contributed by atoms with Crippen molar-refractivity contribution in [2.75, 3.05) is 16.6 Å². The number of pyridine rings is 1. The summed E-state index contributed by atoms with van der Waals surface area (Å²) in [4.78, 5) is 28.9. The van der Waals surface area contributed by atoms with Gasteiger partial charge in [0.25, 0.3) is 21.8 Å². The predicted octanol–water partition coefficient (Wildman–Crippen LogP) is 3.93. The standard InChI is InChI=1S/C22H21ClN4O4S/c1-2-11-25-22(29)19-8-5-16(23)14-20(19)26-21(28)15-3-6-18(7-4-15)32(30,31)27-17-9-12-24-13-10-17/h3-10,12-14H,2,11H2,1H3,(H,24,27)(H,25,29)(H,26,28). The van der Waals surface area contributed by atoms with E-state index < -0.39 is 15.9 Å². The highest BCUT2D eigenvalue weighted by atomic mass is 35.5. The van der Waals surface area contributed by atoms with Gasteiger partial charge in [0.1, 0.15) is 0 Å². The van der Waals surface area contributed by atoms with Crippen molar-refractivity contribution in [3.05, 3.63) is 83.1 Å². The summed E-state index contributed by atoms with van der Waals surface area (Å²) in [6, 6.07) is 13.1. The van der Waals surface area contributed by atoms with Gasteiger partial charge in [-0.1, -0.05) is 18.5 Å². The molecule has 3 aromatic rings. The summed E-state index contributed by atoms with van der Waals surface area (Å²) in [5.74, 6) is -0.842. The number of carbonyl (C=O) groups excluding carboxylic acids is 2. The average molecular weight is 473 g/mol. The number of carbonyl (C=O) groups is 2. The highest BCUT2D eigenvalue weighted by molar-refractivity contribution is 7.92. The molecule has 1 aromatic heterocycles. The number of nitrogens with zero attached hydrogens (tertiary/aromatic N) is 1. The van der Waals surface area contributed by atoms with E-state index in [1.54, 1.807) is 6.07 Å². The highest BCUT2D eigenvalue weighted by Crippen LogP contribution is 2.23. The molecule has 0 aliphatic heterocycles. The molecule has 166 valence electrons. The lowest BCUT2D eigenvalue weighted by atomic mass is 10.1. The van der Waals surface area contributed by atoms with Gasteiger partial charge >= 0.3 is 0 Å². The fourth-order valence-electron chi connectivity index (χ4n) is 2.77. The minimum Gasteiger partial charge on any atom is -0.352 e. The largest absolute Gasteiger partial charge is 0.352 e. The van der Waals surface area contributed by atoms with Crippen molar-refractivity contribution in [1.82, 2.24) is 10.3 Å². The van der Waals surface area contributed by atoms with Crippen molar-refractivity contribution < 1.29 is 18.0 Å². The number of sulfonamides is 1. The first-order valence-corrected chi connectivity index (χ1v) is 11.6. The molecular formula is C22H21ClN4O4S. The van der Waals surface area contributed by atoms with E-state index in [4.69, 9.17) is 11.6 Å². The number of hydrogen-bond acceptors (Lipinski definition) is 5. The highest BCUT2D eigenvalue weighted by Gasteiger charge is 2.17. The molecule has 0 radical (unpaired) electrons. The molecule has 3 N–H and O–H groups in total. The van der Waals surface area contributed by atoms with Crippen LogP contribution in [-0.4, -0.2) is 31.8 Å². The van der Waals surface area contributed by atoms with E-state index in [-0.39, 0.29) is 27.6 Å². The second kappa shape index (κ2) is 10.3. The van der Waals surface area contributed by atoms with Gasteiger partial charge in [-0.2, -0.15) is 0 Å². The van der Waals surface area contributed by atoms with Gasteiger partial charge < -0.3 is 10.6 Å². The summed E-state index contributed by atoms with van der Waals surface area (Å²) in [6.45, 7) is 2.43. The molecule has 0 unspecified atom stereocenters. The summed E-state index contributed by atoms with van der Waals surface area (Å²) < 4.78 is 27.5. The van der Waals surface area contributed by atoms with Crippen molar-refractivity contribution in [2.24, 2.45) is 0 Å². The summed E-state index contributed by atoms with van der Waals surface area (Å²) in [5.41, 5.74) is 1.12. The number of halogens is 1. The Morgan fingerprint density at radius 2 is 1.66 bits per heavy atom. The maximum Gasteiger partial charge on any atom is 0.261 e. The zero-order chi connectivity index (χ0) is 23.1. The number of rotatable bonds is 8. The van der Waals surface area contributed by atoms with Crippen molar-refractivity contribution in [1.29, 1.82) is 0 Å². The van der Waals surface area contributed by atoms with Crippen LogP contribution in [-0.2, 0) is 10.0 Å². The third-order valence-corrected chi connectivity index (χ3v) is 6.00. The average Bonchev–Trinajstić information content (AvgIpc) is 2.78. The molecule has 2 aromatic carbocycles. The first-order chi connectivity index (χ1) is 15.3. The molecule has 0 aliphatic carbocycles. The molecule has 0 spiro atoms. The molecule has 0 fully saturated rings. The normalized spacial score (nSPS) is 10.9. The zero-order valence-corrected chi connectivity index (χ0v) is 18.7. The Hall–Kier alpha value is -3.43. The van der Waals surface area contributed by atoms with Gasteiger partial charge in [0.15, 0.2) is 0 Å². The van der Waals surface area contributed by atoms with Gasteiger partial charge in [0, 0.05) is 29.5 Å². The summed E-state index contributed by atoms with van der Waals surface area (Å²) in [7, 11) is -3.83. The third-order valence-electron chi connectivity index (χ3n) is 4.37. The summed E-state index contributed by atoms with van der Waals surface area (Å²) in [5, 5.41) is 5.78. The number of anilines is 2. The maximum atomic E-state index is 12.7. The van der Waals surface area contributed by atoms with E-state index in [1.807, 2.05) is 6.92 Å². The summed E-state index contributed by atoms with van der Waals surface area (Å²) >= 11 is 6.03. The van der Waals surface area contributed by atoms with Crippen LogP contribution in [0, 0.1) is 0 Å². The molecule has 32 heavy (non-hydrogen) atoms. The van der Waals surface area contributed by atoms with E-state index in [0.29, 0.717) is 17.3 Å². The van der Waals surface area contributed by atoms with Crippen LogP contribution in [0.3, 0.4) is 0 Å². The Bertz CT molecular complexity index is 1220. The predicted molar refractivity (Wildman–Crippen MR) is 124 cm³/mol. The van der Waals surface area contributed by atoms with Crippen LogP contribution in [0.4, 0.5) is 11.4 Å². The fraction of sp³-hybridized carbons (Fsp3) is 0.136. The Labute approximate surface area is 191 Å². The Kier molecular flexibility index (Phi) is 7.45.